The Labute approximate surface area is 558 Å². The summed E-state index contributed by atoms with van der Waals surface area (Å²) in [6.07, 6.45) is -82.7. The number of aliphatic carboxylic acids is 1. The van der Waals surface area contributed by atoms with Crippen molar-refractivity contribution < 1.29 is 233 Å². The average molecular weight is 1410 g/mol. The second kappa shape index (κ2) is 34.5. The summed E-state index contributed by atoms with van der Waals surface area (Å²) < 4.78 is 92.1. The van der Waals surface area contributed by atoms with Crippen LogP contribution in [0.15, 0.2) is 0 Å². The van der Waals surface area contributed by atoms with Gasteiger partial charge in [-0.3, -0.25) is 0 Å². The van der Waals surface area contributed by atoms with Crippen LogP contribution in [0.5, 0.6) is 0 Å². The van der Waals surface area contributed by atoms with Gasteiger partial charge in [-0.25, -0.2) is 0 Å². The van der Waals surface area contributed by atoms with Gasteiger partial charge in [0.25, 0.3) is 0 Å². The zero-order valence-corrected chi connectivity index (χ0v) is 52.5. The van der Waals surface area contributed by atoms with Gasteiger partial charge in [0.2, 0.25) is 0 Å². The van der Waals surface area contributed by atoms with Gasteiger partial charge in [-0.1, -0.05) is 0 Å². The summed E-state index contributed by atoms with van der Waals surface area (Å²) in [4.78, 5) is 11.3. The minimum absolute atomic E-state index is 0. The monoisotopic (exact) mass is 1410 g/mol. The fourth-order valence-electron chi connectivity index (χ4n) is 12.2. The maximum atomic E-state index is 11.7. The van der Waals surface area contributed by atoms with Gasteiger partial charge in [0.1, 0.15) is 189 Å². The molecule has 30 fully saturated rings. The van der Waals surface area contributed by atoms with Gasteiger partial charge < -0.3 is 203 Å². The Hall–Kier alpha value is -0.740. The fraction of sp³-hybridized carbons (Fsp3) is 0.980. The first-order valence-corrected chi connectivity index (χ1v) is 30.8. The minimum Gasteiger partial charge on any atom is -0.550 e. The molecular weight excluding hydrogens is 1320 g/mol. The second-order valence-electron chi connectivity index (χ2n) is 23.5. The fourth-order valence-corrected chi connectivity index (χ4v) is 13.2. The Morgan fingerprint density at radius 3 is 0.553 bits per heavy atom. The Bertz CT molecular complexity index is 2300. The molecule has 0 aromatic carbocycles. The molecule has 23 N–H and O–H groups in total. The van der Waals surface area contributed by atoms with Gasteiger partial charge in [0.15, 0.2) is 50.3 Å². The van der Waals surface area contributed by atoms with Crippen LogP contribution in [-0.2, 0) is 80.6 Å². The Balaban J connectivity index is 0.0000113. The molecule has 0 unspecified atom stereocenters. The molecule has 30 saturated heterocycles. The van der Waals surface area contributed by atoms with E-state index >= 15 is 0 Å². The molecule has 40 atom stereocenters. The van der Waals surface area contributed by atoms with E-state index in [1.807, 2.05) is 0 Å². The van der Waals surface area contributed by atoms with Gasteiger partial charge in [-0.05, 0) is 12.2 Å². The third-order valence-corrected chi connectivity index (χ3v) is 18.5. The molecule has 16 bridgehead atoms. The number of thioether (sulfide) groups is 1. The number of ether oxygens (including phenoxy) is 16. The molecule has 30 aliphatic rings. The zero-order valence-electron chi connectivity index (χ0n) is 49.7. The van der Waals surface area contributed by atoms with Crippen LogP contribution in [0.2, 0.25) is 0 Å². The number of aliphatic hydroxyl groups is 23. The van der Waals surface area contributed by atoms with Crippen LogP contribution >= 0.6 is 11.8 Å². The largest absolute Gasteiger partial charge is 1.00 e. The van der Waals surface area contributed by atoms with Gasteiger partial charge in [0.05, 0.1) is 52.4 Å². The summed E-state index contributed by atoms with van der Waals surface area (Å²) in [5, 5.41) is 268. The Morgan fingerprint density at radius 1 is 0.255 bits per heavy atom. The number of carboxylic acid groups (broad SMARTS) is 1. The van der Waals surface area contributed by atoms with Crippen LogP contribution in [0.3, 0.4) is 0 Å². The number of hydrogen-bond acceptors (Lipinski definition) is 42. The first-order chi connectivity index (χ1) is 44.2. The van der Waals surface area contributed by atoms with Gasteiger partial charge in [-0.15, -0.1) is 0 Å². The molecule has 0 spiro atoms. The molecule has 540 valence electrons. The molecule has 30 aliphatic heterocycles. The average Bonchev–Trinajstić information content (AvgIpc) is 0.783. The van der Waals surface area contributed by atoms with Crippen LogP contribution in [0.1, 0.15) is 6.42 Å². The first-order valence-electron chi connectivity index (χ1n) is 29.7. The van der Waals surface area contributed by atoms with E-state index in [2.05, 4.69) is 0 Å². The van der Waals surface area contributed by atoms with Gasteiger partial charge in [0, 0.05) is 11.7 Å². The maximum Gasteiger partial charge on any atom is 1.00 e. The summed E-state index contributed by atoms with van der Waals surface area (Å²) in [6, 6.07) is 0. The molecule has 43 heteroatoms. The van der Waals surface area contributed by atoms with Crippen LogP contribution in [0, 0.1) is 0 Å². The molecule has 0 amide bonds. The summed E-state index contributed by atoms with van der Waals surface area (Å²) >= 11 is 0.859. The topological polar surface area (TPSA) is 653 Å². The van der Waals surface area contributed by atoms with Crippen LogP contribution < -0.4 is 34.7 Å². The normalized spacial score (nSPS) is 52.4. The predicted octanol–water partition coefficient (Wildman–Crippen LogP) is -20.5. The minimum atomic E-state index is -2.27. The molecule has 0 radical (unpaired) electrons. The molecule has 0 saturated carbocycles. The summed E-state index contributed by atoms with van der Waals surface area (Å²) in [6.45, 7) is -7.64. The Morgan fingerprint density at radius 2 is 0.404 bits per heavy atom. The van der Waals surface area contributed by atoms with E-state index in [1.165, 1.54) is 0 Å². The van der Waals surface area contributed by atoms with Crippen molar-refractivity contribution in [1.29, 1.82) is 0 Å². The molecule has 0 aliphatic carbocycles. The Kier molecular flexibility index (Phi) is 29.0. The first kappa shape index (κ1) is 79.0. The van der Waals surface area contributed by atoms with Crippen LogP contribution in [0.25, 0.3) is 0 Å². The number of rotatable bonds is 12. The number of carbonyl (C=O) groups excluding carboxylic acids is 1. The van der Waals surface area contributed by atoms with Crippen molar-refractivity contribution >= 4 is 17.7 Å². The number of aliphatic hydroxyl groups excluding tert-OH is 23. The van der Waals surface area contributed by atoms with Crippen molar-refractivity contribution in [1.82, 2.24) is 0 Å². The molecule has 30 heterocycles. The number of carbonyl (C=O) groups is 1. The molecule has 0 aromatic heterocycles. The van der Waals surface area contributed by atoms with Crippen LogP contribution in [-0.4, -0.2) is 427 Å². The van der Waals surface area contributed by atoms with E-state index in [0.29, 0.717) is 0 Å². The smallest absolute Gasteiger partial charge is 0.550 e. The van der Waals surface area contributed by atoms with Crippen molar-refractivity contribution in [2.24, 2.45) is 0 Å². The zero-order chi connectivity index (χ0) is 67.8. The van der Waals surface area contributed by atoms with E-state index in [9.17, 15) is 127 Å². The second-order valence-corrected chi connectivity index (χ2v) is 24.6. The summed E-state index contributed by atoms with van der Waals surface area (Å²) in [5.41, 5.74) is 0. The van der Waals surface area contributed by atoms with Gasteiger partial charge >= 0.3 is 29.6 Å². The van der Waals surface area contributed by atoms with Crippen molar-refractivity contribution in [3.05, 3.63) is 0 Å². The molecule has 30 rings (SSSR count). The maximum absolute atomic E-state index is 11.7. The van der Waals surface area contributed by atoms with Crippen LogP contribution in [0.4, 0.5) is 0 Å². The van der Waals surface area contributed by atoms with Crippen molar-refractivity contribution in [2.75, 3.05) is 57.8 Å². The quantitative estimate of drug-likeness (QED) is 0.0637. The summed E-state index contributed by atoms with van der Waals surface area (Å²) in [5.74, 6) is -1.98. The molecule has 94 heavy (non-hydrogen) atoms. The third kappa shape index (κ3) is 16.5. The van der Waals surface area contributed by atoms with Crippen molar-refractivity contribution in [3.63, 3.8) is 0 Å². The van der Waals surface area contributed by atoms with Crippen molar-refractivity contribution in [3.8, 4) is 0 Å². The molecule has 0 aromatic rings. The van der Waals surface area contributed by atoms with E-state index in [4.69, 9.17) is 75.8 Å². The van der Waals surface area contributed by atoms with E-state index in [0.717, 1.165) is 11.8 Å². The predicted molar refractivity (Wildman–Crippen MR) is 281 cm³/mol. The van der Waals surface area contributed by atoms with Gasteiger partial charge in [-0.2, -0.15) is 11.8 Å². The third-order valence-electron chi connectivity index (χ3n) is 17.4. The SMILES string of the molecule is O=C([O-])CCSC[C@H]1O[C@@H]2O[C@H]3[C@H](O)[C@@H](O)[C@@H](O[C@H]4[C@H](O)[C@@H](O)[C@@H](O[C@H]5[C@H](O)[C@@H](O)[C@@H](O[C@H]6[C@H](O)[C@@H](O)[C@@H](O[C@H]7[C@H](O)[C@@H](O)[C@@H](O[C@H]8[C@H](O)[C@@H](O)[C@@H](O[C@H]9[C@H](O)[C@@H](O)[C@@H](O[C@H]1[C@H](O)[C@H]2O)O[C@@H]9CO)O[C@@H]8CO)O[C@@H]7CO)O[C@@H]6CO)O[C@@H]5CO)O[C@@H]4CO)O[C@@H]3CO.[Na+]. The van der Waals surface area contributed by atoms with E-state index < -0.39 is 304 Å². The molecular formula is C51H83NaO41S. The summed E-state index contributed by atoms with van der Waals surface area (Å²) in [7, 11) is 0. The van der Waals surface area contributed by atoms with Crippen molar-refractivity contribution in [2.45, 2.75) is 252 Å². The number of hydrogen-bond donors (Lipinski definition) is 23. The van der Waals surface area contributed by atoms with E-state index in [-0.39, 0.29) is 41.1 Å². The molecule has 41 nitrogen and oxygen atoms in total. The van der Waals surface area contributed by atoms with E-state index in [1.54, 1.807) is 0 Å². The number of carboxylic acids is 1. The standard InChI is InChI=1S/C51H84O41S.Na/c52-3-11-36-20(61)28(69)44(77-11)86-37-12(4-53)79-46(30(71)22(37)63)88-39-14(6-55)81-48(32(73)24(39)65)90-41-16(8-57)83-50(34(75)26(41)67)92-43-18(10-93-2-1-19(59)60)84-51(35(76)27(43)68)91-42-17(9-58)82-49(33(74)25(42)66)89-40-15(7-56)80-47(31(72)23(40)64)87-38-13(5-54)78-45(85-36)29(70)21(38)62;/h11-18,20-58,61-76H,1-10H2,(H,59,60);/q;+1/p-1/t11-,12-,13-,14-,15-,16-,17-,18-,20-,21-,22-,23-,24-,25-,26-,27-,28-,29-,30-,31-,32-,33-,34-,35-,36-,37-,38-,39-,40-,41-,42-,43-,44-,45-,46-,47-,48-,49-,50-,51-;/m1./s1.